The highest BCUT2D eigenvalue weighted by atomic mass is 32.2. The molecule has 1 unspecified atom stereocenters. The van der Waals surface area contributed by atoms with E-state index in [9.17, 15) is 13.2 Å². The number of hydrogen-bond acceptors (Lipinski definition) is 6. The minimum Gasteiger partial charge on any atom is -0.377 e. The Morgan fingerprint density at radius 2 is 2.04 bits per heavy atom. The Morgan fingerprint density at radius 3 is 2.67 bits per heavy atom. The number of anilines is 1. The highest BCUT2D eigenvalue weighted by Crippen LogP contribution is 2.20. The van der Waals surface area contributed by atoms with E-state index in [2.05, 4.69) is 15.3 Å². The summed E-state index contributed by atoms with van der Waals surface area (Å²) < 4.78 is 30.1. The Balaban J connectivity index is 1.67. The zero-order valence-corrected chi connectivity index (χ0v) is 13.7. The average molecular weight is 347 g/mol. The first-order valence-corrected chi connectivity index (χ1v) is 9.21. The van der Waals surface area contributed by atoms with Crippen molar-refractivity contribution in [3.63, 3.8) is 0 Å². The molecule has 3 rings (SSSR count). The fourth-order valence-electron chi connectivity index (χ4n) is 2.47. The normalized spacial score (nSPS) is 17.6. The molecule has 1 fully saturated rings. The van der Waals surface area contributed by atoms with Gasteiger partial charge in [0.15, 0.2) is 9.84 Å². The van der Waals surface area contributed by atoms with E-state index in [0.717, 1.165) is 12.8 Å². The van der Waals surface area contributed by atoms with E-state index in [4.69, 9.17) is 4.74 Å². The van der Waals surface area contributed by atoms with Crippen LogP contribution in [0, 0.1) is 0 Å². The summed E-state index contributed by atoms with van der Waals surface area (Å²) in [6.45, 7) is 0.619. The van der Waals surface area contributed by atoms with Gasteiger partial charge in [-0.25, -0.2) is 13.4 Å². The molecule has 1 aliphatic rings. The molecule has 1 aliphatic heterocycles. The van der Waals surface area contributed by atoms with Crippen LogP contribution in [-0.2, 0) is 14.6 Å². The molecule has 2 heterocycles. The summed E-state index contributed by atoms with van der Waals surface area (Å²) in [7, 11) is -3.40. The van der Waals surface area contributed by atoms with Crippen LogP contribution >= 0.6 is 0 Å². The van der Waals surface area contributed by atoms with Crippen molar-refractivity contribution in [2.75, 3.05) is 17.7 Å². The van der Waals surface area contributed by atoms with Crippen molar-refractivity contribution in [2.24, 2.45) is 0 Å². The maximum atomic E-state index is 12.4. The topological polar surface area (TPSA) is 98.2 Å². The third-order valence-electron chi connectivity index (χ3n) is 3.70. The van der Waals surface area contributed by atoms with Crippen LogP contribution in [0.2, 0.25) is 0 Å². The molecule has 0 spiro atoms. The molecule has 1 N–H and O–H groups in total. The molecule has 1 aromatic heterocycles. The van der Waals surface area contributed by atoms with Gasteiger partial charge in [-0.2, -0.15) is 0 Å². The fraction of sp³-hybridized carbons (Fsp3) is 0.312. The summed E-state index contributed by atoms with van der Waals surface area (Å²) in [5.41, 5.74) is 0.675. The summed E-state index contributed by atoms with van der Waals surface area (Å²) >= 11 is 0. The third kappa shape index (κ3) is 3.95. The minimum absolute atomic E-state index is 0.0156. The van der Waals surface area contributed by atoms with Gasteiger partial charge in [-0.05, 0) is 37.1 Å². The molecule has 0 aliphatic carbocycles. The van der Waals surface area contributed by atoms with Crippen LogP contribution in [0.5, 0.6) is 0 Å². The number of rotatable bonds is 5. The number of ether oxygens (including phenoxy) is 1. The van der Waals surface area contributed by atoms with Crippen LogP contribution in [0.15, 0.2) is 47.8 Å². The Kier molecular flexibility index (Phi) is 4.86. The zero-order valence-electron chi connectivity index (χ0n) is 12.9. The SMILES string of the molecule is O=C(Nc1ccc(S(=O)(=O)CC2CCCO2)cc1)c1cnccn1. The number of nitrogens with one attached hydrogen (secondary N) is 1. The van der Waals surface area contributed by atoms with Crippen molar-refractivity contribution >= 4 is 21.4 Å². The quantitative estimate of drug-likeness (QED) is 0.884. The van der Waals surface area contributed by atoms with Gasteiger partial charge < -0.3 is 10.1 Å². The highest BCUT2D eigenvalue weighted by molar-refractivity contribution is 7.91. The van der Waals surface area contributed by atoms with Crippen molar-refractivity contribution in [3.8, 4) is 0 Å². The molecular weight excluding hydrogens is 330 g/mol. The van der Waals surface area contributed by atoms with Crippen LogP contribution in [-0.4, -0.2) is 42.8 Å². The predicted molar refractivity (Wildman–Crippen MR) is 87.5 cm³/mol. The maximum absolute atomic E-state index is 12.4. The van der Waals surface area contributed by atoms with Crippen molar-refractivity contribution in [1.82, 2.24) is 9.97 Å². The molecule has 126 valence electrons. The second-order valence-corrected chi connectivity index (χ2v) is 7.52. The summed E-state index contributed by atoms with van der Waals surface area (Å²) in [5, 5.41) is 2.65. The van der Waals surface area contributed by atoms with Crippen LogP contribution < -0.4 is 5.32 Å². The third-order valence-corrected chi connectivity index (χ3v) is 5.50. The second kappa shape index (κ2) is 7.06. The lowest BCUT2D eigenvalue weighted by atomic mass is 10.3. The molecule has 7 nitrogen and oxygen atoms in total. The molecule has 1 aromatic carbocycles. The van der Waals surface area contributed by atoms with Gasteiger partial charge in [0, 0.05) is 24.7 Å². The first-order valence-electron chi connectivity index (χ1n) is 7.56. The summed E-state index contributed by atoms with van der Waals surface area (Å²) in [4.78, 5) is 19.9. The number of carbonyl (C=O) groups excluding carboxylic acids is 1. The number of benzene rings is 1. The number of carbonyl (C=O) groups is 1. The van der Waals surface area contributed by atoms with E-state index < -0.39 is 15.7 Å². The van der Waals surface area contributed by atoms with Gasteiger partial charge in [0.25, 0.3) is 5.91 Å². The van der Waals surface area contributed by atoms with Crippen molar-refractivity contribution in [3.05, 3.63) is 48.5 Å². The summed E-state index contributed by atoms with van der Waals surface area (Å²) in [6, 6.07) is 6.07. The number of hydrogen-bond donors (Lipinski definition) is 1. The van der Waals surface area contributed by atoms with Gasteiger partial charge in [0.1, 0.15) is 5.69 Å². The lowest BCUT2D eigenvalue weighted by Crippen LogP contribution is -2.20. The van der Waals surface area contributed by atoms with Gasteiger partial charge >= 0.3 is 0 Å². The highest BCUT2D eigenvalue weighted by Gasteiger charge is 2.24. The largest absolute Gasteiger partial charge is 0.377 e. The van der Waals surface area contributed by atoms with E-state index in [1.54, 1.807) is 12.1 Å². The molecule has 2 aromatic rings. The Bertz CT molecular complexity index is 801. The second-order valence-electron chi connectivity index (χ2n) is 5.49. The Morgan fingerprint density at radius 1 is 1.25 bits per heavy atom. The van der Waals surface area contributed by atoms with E-state index in [0.29, 0.717) is 12.3 Å². The van der Waals surface area contributed by atoms with Crippen molar-refractivity contribution in [1.29, 1.82) is 0 Å². The van der Waals surface area contributed by atoms with Gasteiger partial charge in [-0.1, -0.05) is 0 Å². The monoisotopic (exact) mass is 347 g/mol. The number of aromatic nitrogens is 2. The van der Waals surface area contributed by atoms with Crippen LogP contribution in [0.25, 0.3) is 0 Å². The molecular formula is C16H17N3O4S. The number of amides is 1. The standard InChI is InChI=1S/C16H17N3O4S/c20-16(15-10-17-7-8-18-15)19-12-3-5-14(6-4-12)24(21,22)11-13-2-1-9-23-13/h3-8,10,13H,1-2,9,11H2,(H,19,20). The van der Waals surface area contributed by atoms with Gasteiger partial charge in [-0.3, -0.25) is 9.78 Å². The molecule has 0 radical (unpaired) electrons. The molecule has 1 saturated heterocycles. The fourth-order valence-corrected chi connectivity index (χ4v) is 3.97. The minimum atomic E-state index is -3.40. The van der Waals surface area contributed by atoms with E-state index in [1.807, 2.05) is 0 Å². The van der Waals surface area contributed by atoms with Crippen LogP contribution in [0.3, 0.4) is 0 Å². The van der Waals surface area contributed by atoms with Gasteiger partial charge in [0.2, 0.25) is 0 Å². The molecule has 8 heteroatoms. The number of nitrogens with zero attached hydrogens (tertiary/aromatic N) is 2. The lowest BCUT2D eigenvalue weighted by molar-refractivity contribution is 0.102. The van der Waals surface area contributed by atoms with Crippen molar-refractivity contribution in [2.45, 2.75) is 23.8 Å². The van der Waals surface area contributed by atoms with Crippen LogP contribution in [0.4, 0.5) is 5.69 Å². The molecule has 0 saturated carbocycles. The maximum Gasteiger partial charge on any atom is 0.275 e. The first kappa shape index (κ1) is 16.5. The van der Waals surface area contributed by atoms with Crippen molar-refractivity contribution < 1.29 is 17.9 Å². The molecule has 24 heavy (non-hydrogen) atoms. The van der Waals surface area contributed by atoms with Gasteiger partial charge in [-0.15, -0.1) is 0 Å². The Labute approximate surface area is 140 Å². The smallest absolute Gasteiger partial charge is 0.275 e. The summed E-state index contributed by atoms with van der Waals surface area (Å²) in [5.74, 6) is -0.420. The average Bonchev–Trinajstić information content (AvgIpc) is 3.08. The zero-order chi connectivity index (χ0) is 17.0. The summed E-state index contributed by atoms with van der Waals surface area (Å²) in [6.07, 6.45) is 5.70. The molecule has 1 atom stereocenters. The first-order chi connectivity index (χ1) is 11.5. The van der Waals surface area contributed by atoms with E-state index in [-0.39, 0.29) is 22.4 Å². The van der Waals surface area contributed by atoms with E-state index in [1.165, 1.54) is 30.7 Å². The molecule has 0 bridgehead atoms. The Hall–Kier alpha value is -2.32. The van der Waals surface area contributed by atoms with Crippen LogP contribution in [0.1, 0.15) is 23.3 Å². The van der Waals surface area contributed by atoms with Gasteiger partial charge in [0.05, 0.1) is 22.9 Å². The van der Waals surface area contributed by atoms with E-state index >= 15 is 0 Å². The molecule has 1 amide bonds. The number of sulfone groups is 1. The lowest BCUT2D eigenvalue weighted by Gasteiger charge is -2.11. The predicted octanol–water partition coefficient (Wildman–Crippen LogP) is 1.68.